The molecule has 0 atom stereocenters. The third kappa shape index (κ3) is 2.23. The van der Waals surface area contributed by atoms with Crippen molar-refractivity contribution in [2.75, 3.05) is 0 Å². The van der Waals surface area contributed by atoms with Crippen LogP contribution in [-0.2, 0) is 0 Å². The predicted molar refractivity (Wildman–Crippen MR) is 69.7 cm³/mol. The van der Waals surface area contributed by atoms with Crippen molar-refractivity contribution < 1.29 is 9.34 Å². The first kappa shape index (κ1) is 11.5. The zero-order valence-corrected chi connectivity index (χ0v) is 10.3. The van der Waals surface area contributed by atoms with Gasteiger partial charge in [-0.15, -0.1) is 5.10 Å². The Bertz CT molecular complexity index is 704. The van der Waals surface area contributed by atoms with E-state index >= 15 is 0 Å². The number of hydrogen-bond acceptors (Lipinski definition) is 6. The summed E-state index contributed by atoms with van der Waals surface area (Å²) in [5, 5.41) is 16.3. The van der Waals surface area contributed by atoms with E-state index in [-0.39, 0.29) is 5.69 Å². The number of furan rings is 1. The molecular formula is C12H7N3O3S. The molecule has 0 unspecified atom stereocenters. The van der Waals surface area contributed by atoms with E-state index < -0.39 is 4.92 Å². The van der Waals surface area contributed by atoms with E-state index in [9.17, 15) is 10.1 Å². The van der Waals surface area contributed by atoms with Crippen LogP contribution >= 0.6 is 11.5 Å². The normalized spacial score (nSPS) is 10.5. The number of rotatable bonds is 3. The molecule has 19 heavy (non-hydrogen) atoms. The van der Waals surface area contributed by atoms with Crippen molar-refractivity contribution in [3.05, 3.63) is 51.9 Å². The van der Waals surface area contributed by atoms with Gasteiger partial charge in [-0.1, -0.05) is 4.49 Å². The monoisotopic (exact) mass is 273 g/mol. The van der Waals surface area contributed by atoms with E-state index in [0.717, 1.165) is 5.56 Å². The van der Waals surface area contributed by atoms with Crippen molar-refractivity contribution in [2.24, 2.45) is 0 Å². The van der Waals surface area contributed by atoms with Gasteiger partial charge in [0, 0.05) is 23.1 Å². The Hall–Kier alpha value is -2.54. The summed E-state index contributed by atoms with van der Waals surface area (Å²) in [5.74, 6) is 1.26. The summed E-state index contributed by atoms with van der Waals surface area (Å²) in [7, 11) is 0. The summed E-state index contributed by atoms with van der Waals surface area (Å²) in [6.07, 6.45) is 0. The van der Waals surface area contributed by atoms with Crippen molar-refractivity contribution in [1.29, 1.82) is 0 Å². The van der Waals surface area contributed by atoms with Crippen LogP contribution in [0.1, 0.15) is 0 Å². The number of non-ortho nitro benzene ring substituents is 1. The quantitative estimate of drug-likeness (QED) is 0.539. The van der Waals surface area contributed by atoms with Crippen LogP contribution in [0.3, 0.4) is 0 Å². The molecule has 3 rings (SSSR count). The Morgan fingerprint density at radius 1 is 1.11 bits per heavy atom. The topological polar surface area (TPSA) is 82.1 Å². The zero-order chi connectivity index (χ0) is 13.2. The van der Waals surface area contributed by atoms with E-state index in [1.165, 1.54) is 23.7 Å². The van der Waals surface area contributed by atoms with E-state index in [4.69, 9.17) is 4.42 Å². The highest BCUT2D eigenvalue weighted by Gasteiger charge is 2.10. The maximum atomic E-state index is 10.6. The summed E-state index contributed by atoms with van der Waals surface area (Å²) in [4.78, 5) is 10.1. The summed E-state index contributed by atoms with van der Waals surface area (Å²) in [6, 6.07) is 9.80. The van der Waals surface area contributed by atoms with Crippen molar-refractivity contribution in [3.8, 4) is 22.8 Å². The van der Waals surface area contributed by atoms with Gasteiger partial charge in [-0.05, 0) is 35.8 Å². The lowest BCUT2D eigenvalue weighted by Crippen LogP contribution is -1.86. The molecular weight excluding hydrogens is 266 g/mol. The summed E-state index contributed by atoms with van der Waals surface area (Å²) in [5.41, 5.74) is 1.51. The van der Waals surface area contributed by atoms with Crippen molar-refractivity contribution >= 4 is 17.2 Å². The molecule has 0 radical (unpaired) electrons. The molecule has 6 nitrogen and oxygen atoms in total. The number of hydrogen-bond donors (Lipinski definition) is 0. The summed E-state index contributed by atoms with van der Waals surface area (Å²) >= 11 is 1.25. The number of aromatic nitrogens is 2. The van der Waals surface area contributed by atoms with Crippen molar-refractivity contribution in [2.45, 2.75) is 0 Å². The van der Waals surface area contributed by atoms with Gasteiger partial charge >= 0.3 is 0 Å². The van der Waals surface area contributed by atoms with Crippen LogP contribution in [0, 0.1) is 10.1 Å². The average Bonchev–Trinajstić information content (AvgIpc) is 3.10. The number of benzene rings is 1. The number of nitro benzene ring substituents is 1. The predicted octanol–water partition coefficient (Wildman–Crippen LogP) is 3.37. The number of nitro groups is 1. The van der Waals surface area contributed by atoms with Gasteiger partial charge in [0.1, 0.15) is 11.5 Å². The Labute approximate surface area is 111 Å². The molecule has 7 heteroatoms. The highest BCUT2D eigenvalue weighted by atomic mass is 32.1. The molecule has 0 N–H and O–H groups in total. The molecule has 0 saturated heterocycles. The molecule has 0 aliphatic carbocycles. The molecule has 1 aromatic carbocycles. The second-order valence-corrected chi connectivity index (χ2v) is 4.37. The molecule has 0 saturated carbocycles. The lowest BCUT2D eigenvalue weighted by atomic mass is 10.1. The van der Waals surface area contributed by atoms with Gasteiger partial charge in [0.25, 0.3) is 5.69 Å². The molecule has 94 valence electrons. The minimum atomic E-state index is -0.432. The minimum absolute atomic E-state index is 0.0548. The van der Waals surface area contributed by atoms with Crippen molar-refractivity contribution in [3.63, 3.8) is 0 Å². The molecule has 2 aromatic heterocycles. The molecule has 0 aliphatic rings. The fourth-order valence-electron chi connectivity index (χ4n) is 1.65. The maximum Gasteiger partial charge on any atom is 0.269 e. The van der Waals surface area contributed by atoms with Gasteiger partial charge < -0.3 is 4.42 Å². The van der Waals surface area contributed by atoms with Gasteiger partial charge in [-0.25, -0.2) is 0 Å². The average molecular weight is 273 g/mol. The van der Waals surface area contributed by atoms with Crippen LogP contribution in [0.25, 0.3) is 22.8 Å². The van der Waals surface area contributed by atoms with Crippen molar-refractivity contribution in [1.82, 2.24) is 9.59 Å². The standard InChI is InChI=1S/C12H7N3O3S/c16-15(17)9-3-1-8(2-4-9)11-5-6-12(18-11)10-7-19-14-13-10/h1-7H. The fourth-order valence-corrected chi connectivity index (χ4v) is 2.10. The fraction of sp³-hybridized carbons (Fsp3) is 0. The molecule has 3 aromatic rings. The van der Waals surface area contributed by atoms with Crippen LogP contribution in [-0.4, -0.2) is 14.5 Å². The zero-order valence-electron chi connectivity index (χ0n) is 9.52. The van der Waals surface area contributed by atoms with E-state index in [1.807, 2.05) is 0 Å². The van der Waals surface area contributed by atoms with Gasteiger partial charge in [0.15, 0.2) is 5.76 Å². The maximum absolute atomic E-state index is 10.6. The Morgan fingerprint density at radius 2 is 1.84 bits per heavy atom. The largest absolute Gasteiger partial charge is 0.454 e. The third-order valence-electron chi connectivity index (χ3n) is 2.58. The van der Waals surface area contributed by atoms with Crippen LogP contribution in [0.15, 0.2) is 46.2 Å². The van der Waals surface area contributed by atoms with Gasteiger partial charge in [-0.2, -0.15) is 0 Å². The van der Waals surface area contributed by atoms with Gasteiger partial charge in [0.2, 0.25) is 0 Å². The summed E-state index contributed by atoms with van der Waals surface area (Å²) < 4.78 is 9.42. The van der Waals surface area contributed by atoms with Crippen LogP contribution in [0.4, 0.5) is 5.69 Å². The van der Waals surface area contributed by atoms with E-state index in [0.29, 0.717) is 17.2 Å². The Morgan fingerprint density at radius 3 is 2.47 bits per heavy atom. The van der Waals surface area contributed by atoms with Crippen LogP contribution < -0.4 is 0 Å². The lowest BCUT2D eigenvalue weighted by Gasteiger charge is -1.96. The SMILES string of the molecule is O=[N+]([O-])c1ccc(-c2ccc(-c3csnn3)o2)cc1. The first-order valence-corrected chi connectivity index (χ1v) is 6.20. The highest BCUT2D eigenvalue weighted by molar-refractivity contribution is 7.03. The minimum Gasteiger partial charge on any atom is -0.454 e. The molecule has 0 bridgehead atoms. The highest BCUT2D eigenvalue weighted by Crippen LogP contribution is 2.28. The molecule has 0 aliphatic heterocycles. The summed E-state index contributed by atoms with van der Waals surface area (Å²) in [6.45, 7) is 0. The smallest absolute Gasteiger partial charge is 0.269 e. The number of nitrogens with zero attached hydrogens (tertiary/aromatic N) is 3. The second-order valence-electron chi connectivity index (χ2n) is 3.76. The van der Waals surface area contributed by atoms with Gasteiger partial charge in [-0.3, -0.25) is 10.1 Å². The molecule has 0 spiro atoms. The lowest BCUT2D eigenvalue weighted by molar-refractivity contribution is -0.384. The van der Waals surface area contributed by atoms with Crippen LogP contribution in [0.2, 0.25) is 0 Å². The first-order chi connectivity index (χ1) is 9.24. The Balaban J connectivity index is 1.92. The van der Waals surface area contributed by atoms with E-state index in [2.05, 4.69) is 9.59 Å². The Kier molecular flexibility index (Phi) is 2.81. The van der Waals surface area contributed by atoms with E-state index in [1.54, 1.807) is 29.6 Å². The van der Waals surface area contributed by atoms with Crippen LogP contribution in [0.5, 0.6) is 0 Å². The third-order valence-corrected chi connectivity index (χ3v) is 3.09. The van der Waals surface area contributed by atoms with Gasteiger partial charge in [0.05, 0.1) is 4.92 Å². The molecule has 0 fully saturated rings. The first-order valence-electron chi connectivity index (χ1n) is 5.36. The molecule has 0 amide bonds. The second kappa shape index (κ2) is 4.62. The molecule has 2 heterocycles.